The average Bonchev–Trinajstić information content (AvgIpc) is 2.44. The number of hydrogen-bond donors (Lipinski definition) is 1. The first-order chi connectivity index (χ1) is 10.0. The van der Waals surface area contributed by atoms with Gasteiger partial charge in [-0.05, 0) is 25.0 Å². The third kappa shape index (κ3) is 3.48. The number of rotatable bonds is 5. The fourth-order valence-corrected chi connectivity index (χ4v) is 2.13. The van der Waals surface area contributed by atoms with Gasteiger partial charge in [-0.15, -0.1) is 0 Å². The summed E-state index contributed by atoms with van der Waals surface area (Å²) in [5.74, 6) is -1.13. The van der Waals surface area contributed by atoms with Crippen molar-refractivity contribution in [3.63, 3.8) is 0 Å². The molecule has 1 aromatic carbocycles. The van der Waals surface area contributed by atoms with Gasteiger partial charge in [0.15, 0.2) is 23.3 Å². The Kier molecular flexibility index (Phi) is 4.73. The first-order valence-corrected chi connectivity index (χ1v) is 6.88. The number of pyridine rings is 1. The van der Waals surface area contributed by atoms with Crippen LogP contribution in [0, 0.1) is 18.6 Å². The van der Waals surface area contributed by atoms with E-state index in [-0.39, 0.29) is 11.6 Å². The molecule has 21 heavy (non-hydrogen) atoms. The molecule has 0 saturated heterocycles. The Labute approximate surface area is 123 Å². The fourth-order valence-electron chi connectivity index (χ4n) is 2.13. The molecule has 0 radical (unpaired) electrons. The monoisotopic (exact) mass is 291 g/mol. The number of hydrogen-bond acceptors (Lipinski definition) is 3. The van der Waals surface area contributed by atoms with Crippen molar-refractivity contribution in [3.8, 4) is 0 Å². The molecule has 1 N–H and O–H groups in total. The van der Waals surface area contributed by atoms with Crippen LogP contribution in [0.25, 0.3) is 0 Å². The van der Waals surface area contributed by atoms with Gasteiger partial charge in [-0.1, -0.05) is 24.3 Å². The maximum Gasteiger partial charge on any atom is 0.168 e. The Morgan fingerprint density at radius 2 is 1.90 bits per heavy atom. The SMILES string of the molecule is CCNc1nc(N(C)Cc2ccccc2C)c(F)cc1F. The van der Waals surface area contributed by atoms with Crippen LogP contribution in [0.15, 0.2) is 30.3 Å². The molecule has 0 fully saturated rings. The van der Waals surface area contributed by atoms with Crippen LogP contribution < -0.4 is 10.2 Å². The molecule has 0 amide bonds. The van der Waals surface area contributed by atoms with Crippen molar-refractivity contribution in [1.82, 2.24) is 4.98 Å². The van der Waals surface area contributed by atoms with Gasteiger partial charge < -0.3 is 10.2 Å². The van der Waals surface area contributed by atoms with E-state index in [0.717, 1.165) is 17.2 Å². The summed E-state index contributed by atoms with van der Waals surface area (Å²) in [4.78, 5) is 5.73. The number of nitrogens with zero attached hydrogens (tertiary/aromatic N) is 2. The second kappa shape index (κ2) is 6.52. The Hall–Kier alpha value is -2.17. The molecule has 0 spiro atoms. The summed E-state index contributed by atoms with van der Waals surface area (Å²) in [6.07, 6.45) is 0. The number of aryl methyl sites for hydroxylation is 1. The van der Waals surface area contributed by atoms with Crippen molar-refractivity contribution in [2.75, 3.05) is 23.8 Å². The molecule has 1 heterocycles. The molecule has 0 aliphatic heterocycles. The van der Waals surface area contributed by atoms with E-state index in [1.54, 1.807) is 11.9 Å². The molecule has 2 aromatic rings. The highest BCUT2D eigenvalue weighted by molar-refractivity contribution is 5.49. The lowest BCUT2D eigenvalue weighted by molar-refractivity contribution is 0.572. The van der Waals surface area contributed by atoms with Crippen molar-refractivity contribution >= 4 is 11.6 Å². The van der Waals surface area contributed by atoms with E-state index in [1.165, 1.54) is 0 Å². The molecule has 0 unspecified atom stereocenters. The Morgan fingerprint density at radius 3 is 2.57 bits per heavy atom. The lowest BCUT2D eigenvalue weighted by Gasteiger charge is -2.21. The van der Waals surface area contributed by atoms with E-state index in [0.29, 0.717) is 13.1 Å². The van der Waals surface area contributed by atoms with Crippen LogP contribution in [0.2, 0.25) is 0 Å². The third-order valence-corrected chi connectivity index (χ3v) is 3.29. The smallest absolute Gasteiger partial charge is 0.168 e. The zero-order valence-electron chi connectivity index (χ0n) is 12.5. The van der Waals surface area contributed by atoms with Crippen molar-refractivity contribution in [2.24, 2.45) is 0 Å². The minimum absolute atomic E-state index is 0.0746. The molecule has 3 nitrogen and oxygen atoms in total. The first kappa shape index (κ1) is 15.2. The van der Waals surface area contributed by atoms with Crippen LogP contribution in [0.1, 0.15) is 18.1 Å². The largest absolute Gasteiger partial charge is 0.368 e. The maximum absolute atomic E-state index is 14.0. The summed E-state index contributed by atoms with van der Waals surface area (Å²) in [5.41, 5.74) is 2.20. The molecule has 0 aliphatic rings. The summed E-state index contributed by atoms with van der Waals surface area (Å²) in [6.45, 7) is 4.87. The van der Waals surface area contributed by atoms with Gasteiger partial charge in [0, 0.05) is 26.2 Å². The molecule has 0 bridgehead atoms. The van der Waals surface area contributed by atoms with Crippen LogP contribution in [0.4, 0.5) is 20.4 Å². The Morgan fingerprint density at radius 1 is 1.19 bits per heavy atom. The highest BCUT2D eigenvalue weighted by Gasteiger charge is 2.15. The molecule has 0 saturated carbocycles. The molecule has 1 aromatic heterocycles. The maximum atomic E-state index is 14.0. The molecule has 5 heteroatoms. The van der Waals surface area contributed by atoms with Crippen LogP contribution in [-0.4, -0.2) is 18.6 Å². The summed E-state index contributed by atoms with van der Waals surface area (Å²) in [6, 6.07) is 8.75. The molecule has 0 aliphatic carbocycles. The quantitative estimate of drug-likeness (QED) is 0.909. The van der Waals surface area contributed by atoms with Crippen LogP contribution in [-0.2, 0) is 6.54 Å². The summed E-state index contributed by atoms with van der Waals surface area (Å²) < 4.78 is 27.5. The van der Waals surface area contributed by atoms with E-state index in [9.17, 15) is 8.78 Å². The molecule has 0 atom stereocenters. The van der Waals surface area contributed by atoms with Crippen LogP contribution >= 0.6 is 0 Å². The molecule has 2 rings (SSSR count). The number of anilines is 2. The number of nitrogens with one attached hydrogen (secondary N) is 1. The van der Waals surface area contributed by atoms with E-state index < -0.39 is 11.6 Å². The van der Waals surface area contributed by atoms with Gasteiger partial charge >= 0.3 is 0 Å². The highest BCUT2D eigenvalue weighted by atomic mass is 19.1. The van der Waals surface area contributed by atoms with Crippen molar-refractivity contribution < 1.29 is 8.78 Å². The van der Waals surface area contributed by atoms with Crippen LogP contribution in [0.5, 0.6) is 0 Å². The van der Waals surface area contributed by atoms with E-state index >= 15 is 0 Å². The summed E-state index contributed by atoms with van der Waals surface area (Å²) in [5, 5.41) is 2.79. The third-order valence-electron chi connectivity index (χ3n) is 3.29. The zero-order chi connectivity index (χ0) is 15.4. The van der Waals surface area contributed by atoms with Gasteiger partial charge in [0.25, 0.3) is 0 Å². The zero-order valence-corrected chi connectivity index (χ0v) is 12.5. The number of aromatic nitrogens is 1. The number of benzene rings is 1. The first-order valence-electron chi connectivity index (χ1n) is 6.88. The molecular formula is C16H19F2N3. The van der Waals surface area contributed by atoms with Crippen molar-refractivity contribution in [1.29, 1.82) is 0 Å². The highest BCUT2D eigenvalue weighted by Crippen LogP contribution is 2.23. The second-order valence-corrected chi connectivity index (χ2v) is 4.94. The standard InChI is InChI=1S/C16H19F2N3/c1-4-19-15-13(17)9-14(18)16(20-15)21(3)10-12-8-6-5-7-11(12)2/h5-9H,4,10H2,1-3H3,(H,19,20). The molecular weight excluding hydrogens is 272 g/mol. The van der Waals surface area contributed by atoms with E-state index in [4.69, 9.17) is 0 Å². The van der Waals surface area contributed by atoms with Crippen molar-refractivity contribution in [2.45, 2.75) is 20.4 Å². The normalized spacial score (nSPS) is 10.5. The second-order valence-electron chi connectivity index (χ2n) is 4.94. The Bertz CT molecular complexity index is 629. The van der Waals surface area contributed by atoms with E-state index in [2.05, 4.69) is 10.3 Å². The lowest BCUT2D eigenvalue weighted by Crippen LogP contribution is -2.20. The van der Waals surface area contributed by atoms with Gasteiger partial charge in [-0.25, -0.2) is 13.8 Å². The fraction of sp³-hybridized carbons (Fsp3) is 0.312. The van der Waals surface area contributed by atoms with Gasteiger partial charge in [-0.2, -0.15) is 0 Å². The van der Waals surface area contributed by atoms with Crippen molar-refractivity contribution in [3.05, 3.63) is 53.1 Å². The van der Waals surface area contributed by atoms with Gasteiger partial charge in [0.05, 0.1) is 0 Å². The summed E-state index contributed by atoms with van der Waals surface area (Å²) in [7, 11) is 1.74. The lowest BCUT2D eigenvalue weighted by atomic mass is 10.1. The number of halogens is 2. The Balaban J connectivity index is 2.28. The van der Waals surface area contributed by atoms with Gasteiger partial charge in [0.2, 0.25) is 0 Å². The van der Waals surface area contributed by atoms with E-state index in [1.807, 2.05) is 38.1 Å². The van der Waals surface area contributed by atoms with Gasteiger partial charge in [0.1, 0.15) is 0 Å². The topological polar surface area (TPSA) is 28.2 Å². The minimum Gasteiger partial charge on any atom is -0.368 e. The predicted octanol–water partition coefficient (Wildman–Crippen LogP) is 3.74. The molecule has 112 valence electrons. The summed E-state index contributed by atoms with van der Waals surface area (Å²) >= 11 is 0. The average molecular weight is 291 g/mol. The van der Waals surface area contributed by atoms with Crippen LogP contribution in [0.3, 0.4) is 0 Å². The van der Waals surface area contributed by atoms with Gasteiger partial charge in [-0.3, -0.25) is 0 Å². The predicted molar refractivity (Wildman–Crippen MR) is 81.6 cm³/mol. The minimum atomic E-state index is -0.678.